The summed E-state index contributed by atoms with van der Waals surface area (Å²) >= 11 is 0. The molecule has 17 nitrogen and oxygen atoms in total. The minimum absolute atomic E-state index is 0.108. The molecule has 0 heterocycles. The summed E-state index contributed by atoms with van der Waals surface area (Å²) in [6.45, 7) is 7.38. The molecule has 0 saturated heterocycles. The predicted octanol–water partition coefficient (Wildman–Crippen LogP) is 27.2. The summed E-state index contributed by atoms with van der Waals surface area (Å²) in [5.74, 6) is -1.29. The molecule has 0 aromatic heterocycles. The Morgan fingerprint density at radius 1 is 0.252 bits per heavy atom. The van der Waals surface area contributed by atoms with Crippen LogP contribution in [0.5, 0.6) is 0 Å². The summed E-state index contributed by atoms with van der Waals surface area (Å²) < 4.78 is 68.9. The van der Waals surface area contributed by atoms with Crippen LogP contribution in [-0.2, 0) is 65.4 Å². The lowest BCUT2D eigenvalue weighted by Gasteiger charge is -2.21. The number of ether oxygens (including phenoxy) is 4. The zero-order valence-electron chi connectivity index (χ0n) is 70.3. The van der Waals surface area contributed by atoms with Gasteiger partial charge in [0.2, 0.25) is 0 Å². The quantitative estimate of drug-likeness (QED) is 0.0222. The van der Waals surface area contributed by atoms with Gasteiger partial charge in [-0.25, -0.2) is 9.13 Å². The molecule has 2 unspecified atom stereocenters. The van der Waals surface area contributed by atoms with Crippen molar-refractivity contribution >= 4 is 39.5 Å². The van der Waals surface area contributed by atoms with E-state index in [2.05, 4.69) is 34.6 Å². The summed E-state index contributed by atoms with van der Waals surface area (Å²) in [7, 11) is -9.93. The van der Waals surface area contributed by atoms with Gasteiger partial charge in [0.15, 0.2) is 12.2 Å². The summed E-state index contributed by atoms with van der Waals surface area (Å²) in [5.41, 5.74) is 0. The van der Waals surface area contributed by atoms with Crippen LogP contribution in [0.1, 0.15) is 478 Å². The first-order valence-corrected chi connectivity index (χ1v) is 48.6. The highest BCUT2D eigenvalue weighted by Crippen LogP contribution is 2.45. The molecule has 0 rings (SSSR count). The Hall–Kier alpha value is -1.94. The van der Waals surface area contributed by atoms with Crippen molar-refractivity contribution in [1.29, 1.82) is 0 Å². The van der Waals surface area contributed by atoms with Crippen LogP contribution in [0.25, 0.3) is 0 Å². The largest absolute Gasteiger partial charge is 0.472 e. The molecule has 0 aliphatic heterocycles. The number of carbonyl (C=O) groups is 4. The van der Waals surface area contributed by atoms with Gasteiger partial charge < -0.3 is 33.8 Å². The minimum Gasteiger partial charge on any atom is -0.462 e. The maximum atomic E-state index is 13.2. The van der Waals surface area contributed by atoms with E-state index < -0.39 is 97.5 Å². The maximum absolute atomic E-state index is 13.2. The molecule has 0 fully saturated rings. The molecule has 0 bridgehead atoms. The normalized spacial score (nSPS) is 13.7. The zero-order chi connectivity index (χ0) is 78.3. The SMILES string of the molecule is CCCCCCCCCCCCCCCCCCCCCCC(=O)OC[C@H](COP(=O)(O)OC[C@@H](O)COP(=O)(O)OC[C@@H](COC(=O)CCCCCCCCCC)OC(=O)CCCCCCCCCCCCCCCCCCC(C)C)OC(=O)CCCCCCCCCCCCCCCCCCCCCC. The van der Waals surface area contributed by atoms with Crippen LogP contribution in [0.2, 0.25) is 0 Å². The van der Waals surface area contributed by atoms with Crippen molar-refractivity contribution in [2.24, 2.45) is 5.92 Å². The molecular weight excluding hydrogens is 1390 g/mol. The van der Waals surface area contributed by atoms with Crippen LogP contribution < -0.4 is 0 Å². The number of unbranched alkanes of at least 4 members (excludes halogenated alkanes) is 60. The van der Waals surface area contributed by atoms with Crippen LogP contribution in [0.3, 0.4) is 0 Å². The van der Waals surface area contributed by atoms with E-state index in [0.717, 1.165) is 95.8 Å². The number of phosphoric ester groups is 2. The number of aliphatic hydroxyl groups excluding tert-OH is 1. The van der Waals surface area contributed by atoms with Gasteiger partial charge in [-0.3, -0.25) is 37.3 Å². The first kappa shape index (κ1) is 105. The third-order valence-electron chi connectivity index (χ3n) is 20.8. The number of hydrogen-bond donors (Lipinski definition) is 3. The Kier molecular flexibility index (Phi) is 79.2. The van der Waals surface area contributed by atoms with Crippen molar-refractivity contribution < 1.29 is 80.2 Å². The smallest absolute Gasteiger partial charge is 0.462 e. The van der Waals surface area contributed by atoms with Crippen molar-refractivity contribution in [1.82, 2.24) is 0 Å². The summed E-state index contributed by atoms with van der Waals surface area (Å²) in [4.78, 5) is 73.2. The monoisotopic (exact) mass is 1560 g/mol. The maximum Gasteiger partial charge on any atom is 0.472 e. The molecule has 19 heteroatoms. The standard InChI is InChI=1S/C88H172O17P2/c1-6-9-12-15-18-21-23-25-27-29-31-33-35-40-44-48-52-57-62-67-72-86(91)99-78-84(105-88(93)74-68-63-58-53-49-45-41-36-34-32-30-28-26-24-22-19-16-13-10-7-2)80-103-107(96,97)101-76-82(89)75-100-106(94,95)102-79-83(77-98-85(90)71-66-61-56-20-17-14-11-8-3)104-87(92)73-69-64-59-54-50-46-42-38-37-39-43-47-51-55-60-65-70-81(4)5/h81-84,89H,6-80H2,1-5H3,(H,94,95)(H,96,97)/t82-,83+,84+/m0/s1. The van der Waals surface area contributed by atoms with Crippen LogP contribution >= 0.6 is 15.6 Å². The first-order valence-electron chi connectivity index (χ1n) is 45.6. The van der Waals surface area contributed by atoms with E-state index in [1.54, 1.807) is 0 Å². The van der Waals surface area contributed by atoms with Crippen LogP contribution in [0.15, 0.2) is 0 Å². The number of esters is 4. The van der Waals surface area contributed by atoms with E-state index in [0.29, 0.717) is 25.7 Å². The lowest BCUT2D eigenvalue weighted by atomic mass is 10.0. The second-order valence-electron chi connectivity index (χ2n) is 32.1. The van der Waals surface area contributed by atoms with Gasteiger partial charge in [-0.2, -0.15) is 0 Å². The molecule has 0 aliphatic carbocycles. The van der Waals surface area contributed by atoms with E-state index in [9.17, 15) is 43.2 Å². The van der Waals surface area contributed by atoms with E-state index in [4.69, 9.17) is 37.0 Å². The number of carbonyl (C=O) groups excluding carboxylic acids is 4. The average Bonchev–Trinajstić information content (AvgIpc) is 0.899. The fraction of sp³-hybridized carbons (Fsp3) is 0.955. The fourth-order valence-corrected chi connectivity index (χ4v) is 15.4. The van der Waals surface area contributed by atoms with Gasteiger partial charge in [-0.05, 0) is 31.6 Å². The predicted molar refractivity (Wildman–Crippen MR) is 442 cm³/mol. The van der Waals surface area contributed by atoms with Gasteiger partial charge >= 0.3 is 39.5 Å². The molecule has 0 spiro atoms. The Morgan fingerprint density at radius 2 is 0.430 bits per heavy atom. The summed E-state index contributed by atoms with van der Waals surface area (Å²) in [6, 6.07) is 0. The summed E-state index contributed by atoms with van der Waals surface area (Å²) in [5, 5.41) is 10.7. The van der Waals surface area contributed by atoms with Crippen molar-refractivity contribution in [3.05, 3.63) is 0 Å². The van der Waals surface area contributed by atoms with Crippen molar-refractivity contribution in [3.63, 3.8) is 0 Å². The molecule has 0 amide bonds. The zero-order valence-corrected chi connectivity index (χ0v) is 72.1. The van der Waals surface area contributed by atoms with Gasteiger partial charge in [0.25, 0.3) is 0 Å². The highest BCUT2D eigenvalue weighted by molar-refractivity contribution is 7.47. The second kappa shape index (κ2) is 80.7. The lowest BCUT2D eigenvalue weighted by molar-refractivity contribution is -0.161. The third kappa shape index (κ3) is 81.9. The fourth-order valence-electron chi connectivity index (χ4n) is 13.8. The molecule has 107 heavy (non-hydrogen) atoms. The lowest BCUT2D eigenvalue weighted by Crippen LogP contribution is -2.30. The number of rotatable bonds is 88. The number of hydrogen-bond acceptors (Lipinski definition) is 15. The molecule has 0 saturated carbocycles. The van der Waals surface area contributed by atoms with Crippen LogP contribution in [0.4, 0.5) is 0 Å². The highest BCUT2D eigenvalue weighted by Gasteiger charge is 2.30. The van der Waals surface area contributed by atoms with Gasteiger partial charge in [-0.15, -0.1) is 0 Å². The third-order valence-corrected chi connectivity index (χ3v) is 22.7. The molecule has 0 radical (unpaired) electrons. The number of aliphatic hydroxyl groups is 1. The molecule has 0 aromatic rings. The van der Waals surface area contributed by atoms with Gasteiger partial charge in [0, 0.05) is 25.7 Å². The molecular formula is C88H172O17P2. The second-order valence-corrected chi connectivity index (χ2v) is 35.0. The Morgan fingerprint density at radius 3 is 0.636 bits per heavy atom. The topological polar surface area (TPSA) is 237 Å². The average molecular weight is 1560 g/mol. The van der Waals surface area contributed by atoms with Crippen LogP contribution in [0, 0.1) is 5.92 Å². The Labute approximate surface area is 658 Å². The van der Waals surface area contributed by atoms with Crippen molar-refractivity contribution in [3.8, 4) is 0 Å². The summed E-state index contributed by atoms with van der Waals surface area (Å²) in [6.07, 6.45) is 75.2. The Balaban J connectivity index is 5.17. The van der Waals surface area contributed by atoms with Gasteiger partial charge in [0.05, 0.1) is 26.4 Å². The Bertz CT molecular complexity index is 2030. The number of phosphoric acid groups is 2. The van der Waals surface area contributed by atoms with Gasteiger partial charge in [-0.1, -0.05) is 426 Å². The molecule has 0 aromatic carbocycles. The van der Waals surface area contributed by atoms with Crippen LogP contribution in [-0.4, -0.2) is 96.7 Å². The van der Waals surface area contributed by atoms with E-state index >= 15 is 0 Å². The van der Waals surface area contributed by atoms with Gasteiger partial charge in [0.1, 0.15) is 19.3 Å². The first-order chi connectivity index (χ1) is 52.0. The van der Waals surface area contributed by atoms with E-state index in [-0.39, 0.29) is 25.7 Å². The van der Waals surface area contributed by atoms with E-state index in [1.807, 2.05) is 0 Å². The van der Waals surface area contributed by atoms with Crippen molar-refractivity contribution in [2.75, 3.05) is 39.6 Å². The van der Waals surface area contributed by atoms with E-state index in [1.165, 1.54) is 302 Å². The molecule has 0 aliphatic rings. The van der Waals surface area contributed by atoms with Crippen molar-refractivity contribution in [2.45, 2.75) is 496 Å². The highest BCUT2D eigenvalue weighted by atomic mass is 31.2. The molecule has 3 N–H and O–H groups in total. The minimum atomic E-state index is -4.97. The molecule has 636 valence electrons. The molecule has 5 atom stereocenters.